The molecule has 2 amide bonds. The van der Waals surface area contributed by atoms with Crippen LogP contribution in [-0.2, 0) is 33.6 Å². The molecule has 0 heterocycles. The number of carboxylic acids is 2. The molecule has 11 heteroatoms. The van der Waals surface area contributed by atoms with Gasteiger partial charge in [0, 0.05) is 38.0 Å². The SMILES string of the molecule is CC[C@H](C)[C@H](NC(=O)[C@H](CCC(=O)O)CC(=O)[C@@H](NC(C)=O)C(C)C)C(=O)C[C@H](C=O)CC(=O)O. The second-order valence-corrected chi connectivity index (χ2v) is 9.26. The van der Waals surface area contributed by atoms with Crippen LogP contribution in [0.1, 0.15) is 73.1 Å². The molecule has 0 fully saturated rings. The Kier molecular flexibility index (Phi) is 14.3. The van der Waals surface area contributed by atoms with E-state index in [-0.39, 0.29) is 37.5 Å². The number of rotatable bonds is 18. The minimum absolute atomic E-state index is 0.158. The van der Waals surface area contributed by atoms with Crippen molar-refractivity contribution in [2.45, 2.75) is 85.2 Å². The second-order valence-electron chi connectivity index (χ2n) is 9.26. The molecule has 0 aliphatic heterocycles. The topological polar surface area (TPSA) is 184 Å². The van der Waals surface area contributed by atoms with Crippen LogP contribution in [0, 0.1) is 23.7 Å². The molecule has 0 spiro atoms. The van der Waals surface area contributed by atoms with Crippen molar-refractivity contribution in [1.82, 2.24) is 10.6 Å². The maximum atomic E-state index is 13.1. The number of carboxylic acid groups (broad SMARTS) is 2. The number of carbonyl (C=O) groups excluding carboxylic acids is 5. The molecule has 0 saturated carbocycles. The van der Waals surface area contributed by atoms with E-state index in [1.807, 2.05) is 0 Å². The predicted molar refractivity (Wildman–Crippen MR) is 125 cm³/mol. The first kappa shape index (κ1) is 31.9. The Balaban J connectivity index is 5.74. The molecule has 198 valence electrons. The molecule has 0 aliphatic rings. The van der Waals surface area contributed by atoms with E-state index in [0.29, 0.717) is 12.7 Å². The Morgan fingerprint density at radius 1 is 0.829 bits per heavy atom. The van der Waals surface area contributed by atoms with Crippen molar-refractivity contribution in [3.05, 3.63) is 0 Å². The first-order valence-electron chi connectivity index (χ1n) is 11.7. The average molecular weight is 499 g/mol. The molecule has 0 aromatic heterocycles. The highest BCUT2D eigenvalue weighted by atomic mass is 16.4. The van der Waals surface area contributed by atoms with Gasteiger partial charge in [0.25, 0.3) is 0 Å². The number of aliphatic carboxylic acids is 2. The van der Waals surface area contributed by atoms with Crippen LogP contribution in [0.2, 0.25) is 0 Å². The molecular formula is C24H38N2O9. The number of carbonyl (C=O) groups is 7. The smallest absolute Gasteiger partial charge is 0.304 e. The second kappa shape index (κ2) is 15.7. The fraction of sp³-hybridized carbons (Fsp3) is 0.708. The number of ketones is 2. The van der Waals surface area contributed by atoms with Crippen LogP contribution in [0.5, 0.6) is 0 Å². The quantitative estimate of drug-likeness (QED) is 0.203. The van der Waals surface area contributed by atoms with Gasteiger partial charge in [0.05, 0.1) is 18.5 Å². The fourth-order valence-electron chi connectivity index (χ4n) is 3.66. The third-order valence-electron chi connectivity index (χ3n) is 5.85. The molecule has 0 bridgehead atoms. The molecule has 0 aliphatic carbocycles. The van der Waals surface area contributed by atoms with Crippen LogP contribution in [0.3, 0.4) is 0 Å². The summed E-state index contributed by atoms with van der Waals surface area (Å²) >= 11 is 0. The van der Waals surface area contributed by atoms with Gasteiger partial charge >= 0.3 is 11.9 Å². The van der Waals surface area contributed by atoms with E-state index in [9.17, 15) is 33.6 Å². The van der Waals surface area contributed by atoms with Crippen molar-refractivity contribution in [1.29, 1.82) is 0 Å². The Morgan fingerprint density at radius 3 is 1.83 bits per heavy atom. The molecule has 0 saturated heterocycles. The summed E-state index contributed by atoms with van der Waals surface area (Å²) in [6, 6.07) is -1.90. The third kappa shape index (κ3) is 12.2. The largest absolute Gasteiger partial charge is 0.481 e. The molecule has 0 radical (unpaired) electrons. The Labute approximate surface area is 205 Å². The van der Waals surface area contributed by atoms with Crippen LogP contribution in [0.15, 0.2) is 0 Å². The van der Waals surface area contributed by atoms with Gasteiger partial charge in [0.1, 0.15) is 6.29 Å². The fourth-order valence-corrected chi connectivity index (χ4v) is 3.66. The highest BCUT2D eigenvalue weighted by molar-refractivity contribution is 5.95. The van der Waals surface area contributed by atoms with Gasteiger partial charge in [-0.15, -0.1) is 0 Å². The van der Waals surface area contributed by atoms with E-state index in [0.717, 1.165) is 0 Å². The first-order valence-corrected chi connectivity index (χ1v) is 11.7. The summed E-state index contributed by atoms with van der Waals surface area (Å²) in [5.74, 6) is -7.18. The lowest BCUT2D eigenvalue weighted by Gasteiger charge is -2.27. The average Bonchev–Trinajstić information content (AvgIpc) is 2.76. The van der Waals surface area contributed by atoms with Gasteiger partial charge < -0.3 is 25.6 Å². The third-order valence-corrected chi connectivity index (χ3v) is 5.85. The normalized spacial score (nSPS) is 15.3. The minimum Gasteiger partial charge on any atom is -0.481 e. The van der Waals surface area contributed by atoms with Crippen LogP contribution in [0.4, 0.5) is 0 Å². The van der Waals surface area contributed by atoms with Gasteiger partial charge in [-0.25, -0.2) is 0 Å². The van der Waals surface area contributed by atoms with Crippen molar-refractivity contribution < 1.29 is 43.8 Å². The maximum Gasteiger partial charge on any atom is 0.304 e. The summed E-state index contributed by atoms with van der Waals surface area (Å²) < 4.78 is 0. The van der Waals surface area contributed by atoms with Crippen LogP contribution in [0.25, 0.3) is 0 Å². The van der Waals surface area contributed by atoms with Gasteiger partial charge in [-0.2, -0.15) is 0 Å². The monoisotopic (exact) mass is 498 g/mol. The number of nitrogens with one attached hydrogen (secondary N) is 2. The van der Waals surface area contributed by atoms with Crippen LogP contribution >= 0.6 is 0 Å². The van der Waals surface area contributed by atoms with E-state index in [2.05, 4.69) is 10.6 Å². The van der Waals surface area contributed by atoms with Crippen LogP contribution in [-0.4, -0.2) is 63.9 Å². The summed E-state index contributed by atoms with van der Waals surface area (Å²) in [6.07, 6.45) is -0.893. The number of aldehydes is 1. The Bertz CT molecular complexity index is 794. The summed E-state index contributed by atoms with van der Waals surface area (Å²) in [5.41, 5.74) is 0. The van der Waals surface area contributed by atoms with Crippen molar-refractivity contribution in [2.24, 2.45) is 23.7 Å². The van der Waals surface area contributed by atoms with Gasteiger partial charge in [-0.1, -0.05) is 34.1 Å². The van der Waals surface area contributed by atoms with Gasteiger partial charge in [0.2, 0.25) is 11.8 Å². The molecule has 11 nitrogen and oxygen atoms in total. The zero-order valence-corrected chi connectivity index (χ0v) is 21.0. The molecular weight excluding hydrogens is 460 g/mol. The highest BCUT2D eigenvalue weighted by Gasteiger charge is 2.33. The molecule has 0 aromatic carbocycles. The molecule has 5 atom stereocenters. The van der Waals surface area contributed by atoms with Crippen molar-refractivity contribution >= 4 is 41.6 Å². The molecule has 0 unspecified atom stereocenters. The minimum atomic E-state index is -1.23. The highest BCUT2D eigenvalue weighted by Crippen LogP contribution is 2.20. The zero-order valence-electron chi connectivity index (χ0n) is 21.0. The Hall–Kier alpha value is -3.11. The lowest BCUT2D eigenvalue weighted by molar-refractivity contribution is -0.141. The van der Waals surface area contributed by atoms with E-state index >= 15 is 0 Å². The molecule has 0 rings (SSSR count). The first-order chi connectivity index (χ1) is 16.2. The number of hydrogen-bond donors (Lipinski definition) is 4. The Morgan fingerprint density at radius 2 is 1.40 bits per heavy atom. The van der Waals surface area contributed by atoms with Crippen LogP contribution < -0.4 is 10.6 Å². The molecule has 35 heavy (non-hydrogen) atoms. The van der Waals surface area contributed by atoms with Crippen molar-refractivity contribution in [3.63, 3.8) is 0 Å². The standard InChI is InChI=1S/C24H38N2O9/c1-6-14(4)23(18(29)9-16(12-27)10-21(33)34)26-24(35)17(7-8-20(31)32)11-19(30)22(13(2)3)25-15(5)28/h12-14,16-17,22-23H,6-11H2,1-5H3,(H,25,28)(H,26,35)(H,31,32)(H,33,34)/t14-,16-,17+,22-,23-/m0/s1. The lowest BCUT2D eigenvalue weighted by Crippen LogP contribution is -2.49. The van der Waals surface area contributed by atoms with E-state index in [4.69, 9.17) is 10.2 Å². The van der Waals surface area contributed by atoms with Gasteiger partial charge in [0.15, 0.2) is 11.6 Å². The van der Waals surface area contributed by atoms with E-state index < -0.39 is 65.7 Å². The maximum absolute atomic E-state index is 13.1. The van der Waals surface area contributed by atoms with E-state index in [1.54, 1.807) is 27.7 Å². The van der Waals surface area contributed by atoms with Crippen molar-refractivity contribution in [2.75, 3.05) is 0 Å². The van der Waals surface area contributed by atoms with Crippen molar-refractivity contribution in [3.8, 4) is 0 Å². The summed E-state index contributed by atoms with van der Waals surface area (Å²) in [6.45, 7) is 8.21. The van der Waals surface area contributed by atoms with Gasteiger partial charge in [-0.3, -0.25) is 28.8 Å². The number of amides is 2. The summed E-state index contributed by atoms with van der Waals surface area (Å²) in [7, 11) is 0. The molecule has 4 N–H and O–H groups in total. The molecule has 0 aromatic rings. The number of hydrogen-bond acceptors (Lipinski definition) is 7. The zero-order chi connectivity index (χ0) is 27.3. The number of Topliss-reactive ketones (excluding diaryl/α,β-unsaturated/α-hetero) is 2. The predicted octanol–water partition coefficient (Wildman–Crippen LogP) is 1.37. The lowest BCUT2D eigenvalue weighted by atomic mass is 9.87. The van der Waals surface area contributed by atoms with Gasteiger partial charge in [-0.05, 0) is 18.3 Å². The summed E-state index contributed by atoms with van der Waals surface area (Å²) in [4.78, 5) is 83.6. The van der Waals surface area contributed by atoms with E-state index in [1.165, 1.54) is 6.92 Å². The summed E-state index contributed by atoms with van der Waals surface area (Å²) in [5, 5.41) is 23.2.